The highest BCUT2D eigenvalue weighted by atomic mass is 19.4. The summed E-state index contributed by atoms with van der Waals surface area (Å²) in [6.07, 6.45) is -4.61. The first-order chi connectivity index (χ1) is 9.92. The number of carbonyl (C=O) groups is 1. The van der Waals surface area contributed by atoms with E-state index in [2.05, 4.69) is 10.1 Å². The molecule has 110 valence electrons. The molecule has 21 heavy (non-hydrogen) atoms. The molecule has 3 nitrogen and oxygen atoms in total. The van der Waals surface area contributed by atoms with Gasteiger partial charge in [-0.1, -0.05) is 36.4 Å². The molecule has 0 aliphatic carbocycles. The van der Waals surface area contributed by atoms with Gasteiger partial charge >= 0.3 is 6.36 Å². The third-order valence-electron chi connectivity index (χ3n) is 2.56. The van der Waals surface area contributed by atoms with Crippen LogP contribution < -0.4 is 10.1 Å². The molecule has 0 bridgehead atoms. The molecule has 0 heterocycles. The van der Waals surface area contributed by atoms with Gasteiger partial charge < -0.3 is 10.1 Å². The van der Waals surface area contributed by atoms with Gasteiger partial charge in [0.1, 0.15) is 5.75 Å². The van der Waals surface area contributed by atoms with E-state index in [4.69, 9.17) is 0 Å². The van der Waals surface area contributed by atoms with Crippen molar-refractivity contribution in [1.29, 1.82) is 0 Å². The van der Waals surface area contributed by atoms with Crippen LogP contribution in [-0.2, 0) is 11.2 Å². The van der Waals surface area contributed by atoms with Crippen LogP contribution >= 0.6 is 0 Å². The standard InChI is InChI=1S/C15H12F3NO2/c16-15(17,18)21-13-8-4-7-12(10-13)19-14(20)9-11-5-2-1-3-6-11/h1-8,10H,9H2,(H,19,20). The van der Waals surface area contributed by atoms with E-state index in [-0.39, 0.29) is 23.8 Å². The number of amides is 1. The molecule has 0 atom stereocenters. The molecule has 0 saturated carbocycles. The van der Waals surface area contributed by atoms with Gasteiger partial charge in [-0.15, -0.1) is 13.2 Å². The highest BCUT2D eigenvalue weighted by Gasteiger charge is 2.31. The maximum absolute atomic E-state index is 12.1. The smallest absolute Gasteiger partial charge is 0.406 e. The zero-order valence-electron chi connectivity index (χ0n) is 10.9. The highest BCUT2D eigenvalue weighted by molar-refractivity contribution is 5.92. The quantitative estimate of drug-likeness (QED) is 0.932. The third kappa shape index (κ3) is 5.18. The Morgan fingerprint density at radius 1 is 1.05 bits per heavy atom. The molecule has 0 aliphatic heterocycles. The van der Waals surface area contributed by atoms with Crippen LogP contribution in [-0.4, -0.2) is 12.3 Å². The van der Waals surface area contributed by atoms with Crippen LogP contribution in [0.3, 0.4) is 0 Å². The van der Waals surface area contributed by atoms with E-state index in [0.717, 1.165) is 11.6 Å². The molecule has 2 rings (SSSR count). The number of alkyl halides is 3. The number of hydrogen-bond acceptors (Lipinski definition) is 2. The Hall–Kier alpha value is -2.50. The molecule has 0 fully saturated rings. The van der Waals surface area contributed by atoms with Gasteiger partial charge in [0.2, 0.25) is 5.91 Å². The monoisotopic (exact) mass is 295 g/mol. The number of carbonyl (C=O) groups excluding carboxylic acids is 1. The molecular formula is C15H12F3NO2. The Morgan fingerprint density at radius 2 is 1.76 bits per heavy atom. The molecule has 2 aromatic carbocycles. The zero-order valence-corrected chi connectivity index (χ0v) is 10.9. The molecule has 1 N–H and O–H groups in total. The largest absolute Gasteiger partial charge is 0.573 e. The minimum absolute atomic E-state index is 0.144. The molecule has 6 heteroatoms. The fraction of sp³-hybridized carbons (Fsp3) is 0.133. The van der Waals surface area contributed by atoms with E-state index in [0.29, 0.717) is 0 Å². The Morgan fingerprint density at radius 3 is 2.43 bits per heavy atom. The van der Waals surface area contributed by atoms with E-state index in [1.807, 2.05) is 6.07 Å². The average Bonchev–Trinajstić information content (AvgIpc) is 2.38. The maximum Gasteiger partial charge on any atom is 0.573 e. The van der Waals surface area contributed by atoms with Crippen molar-refractivity contribution in [3.8, 4) is 5.75 Å². The van der Waals surface area contributed by atoms with Crippen LogP contribution in [0.2, 0.25) is 0 Å². The molecule has 0 saturated heterocycles. The van der Waals surface area contributed by atoms with Crippen molar-refractivity contribution in [2.45, 2.75) is 12.8 Å². The van der Waals surface area contributed by atoms with Crippen LogP contribution in [0.4, 0.5) is 18.9 Å². The summed E-state index contributed by atoms with van der Waals surface area (Å²) in [4.78, 5) is 11.8. The van der Waals surface area contributed by atoms with Crippen molar-refractivity contribution in [3.63, 3.8) is 0 Å². The summed E-state index contributed by atoms with van der Waals surface area (Å²) in [7, 11) is 0. The number of nitrogens with one attached hydrogen (secondary N) is 1. The van der Waals surface area contributed by atoms with Crippen molar-refractivity contribution >= 4 is 11.6 Å². The van der Waals surface area contributed by atoms with Crippen molar-refractivity contribution in [2.75, 3.05) is 5.32 Å². The fourth-order valence-electron chi connectivity index (χ4n) is 1.76. The van der Waals surface area contributed by atoms with Gasteiger partial charge in [0.05, 0.1) is 6.42 Å². The van der Waals surface area contributed by atoms with Gasteiger partial charge in [-0.2, -0.15) is 0 Å². The lowest BCUT2D eigenvalue weighted by molar-refractivity contribution is -0.274. The van der Waals surface area contributed by atoms with Crippen molar-refractivity contribution < 1.29 is 22.7 Å². The van der Waals surface area contributed by atoms with E-state index in [1.165, 1.54) is 18.2 Å². The molecule has 1 amide bonds. The molecule has 0 spiro atoms. The predicted octanol–water partition coefficient (Wildman–Crippen LogP) is 3.77. The van der Waals surface area contributed by atoms with E-state index < -0.39 is 6.36 Å². The van der Waals surface area contributed by atoms with Crippen LogP contribution in [0.25, 0.3) is 0 Å². The second kappa shape index (κ2) is 6.30. The molecule has 0 radical (unpaired) electrons. The second-order valence-corrected chi connectivity index (χ2v) is 4.29. The van der Waals surface area contributed by atoms with E-state index >= 15 is 0 Å². The predicted molar refractivity (Wildman–Crippen MR) is 71.9 cm³/mol. The Labute approximate surface area is 119 Å². The molecule has 2 aromatic rings. The Bertz CT molecular complexity index is 612. The third-order valence-corrected chi connectivity index (χ3v) is 2.56. The minimum atomic E-state index is -4.76. The number of halogens is 3. The van der Waals surface area contributed by atoms with Gasteiger partial charge in [0.15, 0.2) is 0 Å². The lowest BCUT2D eigenvalue weighted by Crippen LogP contribution is -2.18. The Kier molecular flexibility index (Phi) is 4.47. The van der Waals surface area contributed by atoms with Crippen molar-refractivity contribution in [2.24, 2.45) is 0 Å². The number of hydrogen-bond donors (Lipinski definition) is 1. The second-order valence-electron chi connectivity index (χ2n) is 4.29. The molecule has 0 unspecified atom stereocenters. The maximum atomic E-state index is 12.1. The lowest BCUT2D eigenvalue weighted by Gasteiger charge is -2.10. The SMILES string of the molecule is O=C(Cc1ccccc1)Nc1cccc(OC(F)(F)F)c1. The minimum Gasteiger partial charge on any atom is -0.406 e. The number of rotatable bonds is 4. The summed E-state index contributed by atoms with van der Waals surface area (Å²) in [5.41, 5.74) is 1.07. The molecule has 0 aromatic heterocycles. The van der Waals surface area contributed by atoms with Crippen LogP contribution in [0.5, 0.6) is 5.75 Å². The highest BCUT2D eigenvalue weighted by Crippen LogP contribution is 2.25. The molecule has 0 aliphatic rings. The van der Waals surface area contributed by atoms with Gasteiger partial charge in [-0.3, -0.25) is 4.79 Å². The number of ether oxygens (including phenoxy) is 1. The van der Waals surface area contributed by atoms with E-state index in [1.54, 1.807) is 24.3 Å². The number of benzene rings is 2. The van der Waals surface area contributed by atoms with Gasteiger partial charge in [-0.05, 0) is 17.7 Å². The topological polar surface area (TPSA) is 38.3 Å². The van der Waals surface area contributed by atoms with Crippen molar-refractivity contribution in [3.05, 3.63) is 60.2 Å². The lowest BCUT2D eigenvalue weighted by atomic mass is 10.1. The average molecular weight is 295 g/mol. The summed E-state index contributed by atoms with van der Waals surface area (Å²) < 4.78 is 40.1. The van der Waals surface area contributed by atoms with Gasteiger partial charge in [-0.25, -0.2) is 0 Å². The first-order valence-corrected chi connectivity index (χ1v) is 6.12. The zero-order chi connectivity index (χ0) is 15.3. The van der Waals surface area contributed by atoms with Gasteiger partial charge in [0.25, 0.3) is 0 Å². The summed E-state index contributed by atoms with van der Waals surface area (Å²) in [5, 5.41) is 2.53. The Balaban J connectivity index is 1.99. The first-order valence-electron chi connectivity index (χ1n) is 6.12. The van der Waals surface area contributed by atoms with Crippen LogP contribution in [0.1, 0.15) is 5.56 Å². The first kappa shape index (κ1) is 14.9. The van der Waals surface area contributed by atoms with Crippen LogP contribution in [0.15, 0.2) is 54.6 Å². The number of anilines is 1. The van der Waals surface area contributed by atoms with E-state index in [9.17, 15) is 18.0 Å². The normalized spacial score (nSPS) is 11.0. The van der Waals surface area contributed by atoms with Gasteiger partial charge in [0, 0.05) is 11.8 Å². The fourth-order valence-corrected chi connectivity index (χ4v) is 1.76. The summed E-state index contributed by atoms with van der Waals surface area (Å²) >= 11 is 0. The summed E-state index contributed by atoms with van der Waals surface area (Å²) in [6.45, 7) is 0. The van der Waals surface area contributed by atoms with Crippen LogP contribution in [0, 0.1) is 0 Å². The summed E-state index contributed by atoms with van der Waals surface area (Å²) in [6, 6.07) is 14.2. The molecular weight excluding hydrogens is 283 g/mol. The van der Waals surface area contributed by atoms with Crippen molar-refractivity contribution in [1.82, 2.24) is 0 Å². The summed E-state index contributed by atoms with van der Waals surface area (Å²) in [5.74, 6) is -0.689.